The van der Waals surface area contributed by atoms with E-state index in [1.807, 2.05) is 18.2 Å². The maximum atomic E-state index is 5.80. The molecule has 2 heteroatoms. The number of nitrogens with one attached hydrogen (secondary N) is 1. The van der Waals surface area contributed by atoms with Crippen LogP contribution < -0.4 is 10.1 Å². The molecule has 1 aliphatic rings. The van der Waals surface area contributed by atoms with Gasteiger partial charge in [0.05, 0.1) is 0 Å². The third kappa shape index (κ3) is 3.61. The van der Waals surface area contributed by atoms with Crippen LogP contribution in [0.2, 0.25) is 0 Å². The lowest BCUT2D eigenvalue weighted by Crippen LogP contribution is -2.20. The first-order valence-corrected chi connectivity index (χ1v) is 7.34. The molecule has 0 amide bonds. The van der Waals surface area contributed by atoms with Crippen LogP contribution in [0.15, 0.2) is 54.6 Å². The lowest BCUT2D eigenvalue weighted by atomic mass is 10.1. The largest absolute Gasteiger partial charge is 0.489 e. The van der Waals surface area contributed by atoms with Gasteiger partial charge in [-0.1, -0.05) is 42.5 Å². The number of rotatable bonds is 6. The third-order valence-corrected chi connectivity index (χ3v) is 3.69. The van der Waals surface area contributed by atoms with Crippen LogP contribution in [0.5, 0.6) is 5.75 Å². The van der Waals surface area contributed by atoms with E-state index < -0.39 is 0 Å². The average molecular weight is 267 g/mol. The summed E-state index contributed by atoms with van der Waals surface area (Å²) in [6, 6.07) is 19.8. The van der Waals surface area contributed by atoms with Crippen molar-refractivity contribution in [3.63, 3.8) is 0 Å². The topological polar surface area (TPSA) is 21.3 Å². The van der Waals surface area contributed by atoms with Gasteiger partial charge in [0.25, 0.3) is 0 Å². The van der Waals surface area contributed by atoms with Gasteiger partial charge in [-0.2, -0.15) is 0 Å². The van der Waals surface area contributed by atoms with Gasteiger partial charge in [0.1, 0.15) is 12.4 Å². The normalized spacial score (nSPS) is 15.8. The second kappa shape index (κ2) is 6.10. The zero-order chi connectivity index (χ0) is 13.8. The molecule has 104 valence electrons. The molecule has 1 N–H and O–H groups in total. The number of hydrogen-bond donors (Lipinski definition) is 1. The molecule has 0 radical (unpaired) electrons. The lowest BCUT2D eigenvalue weighted by molar-refractivity contribution is 0.306. The van der Waals surface area contributed by atoms with E-state index in [9.17, 15) is 0 Å². The molecule has 2 aromatic carbocycles. The first kappa shape index (κ1) is 13.2. The van der Waals surface area contributed by atoms with Crippen LogP contribution in [0, 0.1) is 0 Å². The van der Waals surface area contributed by atoms with Gasteiger partial charge in [0.2, 0.25) is 0 Å². The number of hydrogen-bond acceptors (Lipinski definition) is 2. The minimum absolute atomic E-state index is 0.422. The monoisotopic (exact) mass is 267 g/mol. The summed E-state index contributed by atoms with van der Waals surface area (Å²) in [6.07, 6.45) is 2.64. The quantitative estimate of drug-likeness (QED) is 0.851. The minimum atomic E-state index is 0.422. The van der Waals surface area contributed by atoms with E-state index >= 15 is 0 Å². The fourth-order valence-electron chi connectivity index (χ4n) is 2.29. The first-order valence-electron chi connectivity index (χ1n) is 7.34. The molecule has 0 aliphatic heterocycles. The molecule has 0 aromatic heterocycles. The minimum Gasteiger partial charge on any atom is -0.489 e. The predicted molar refractivity (Wildman–Crippen MR) is 81.8 cm³/mol. The molecule has 1 unspecified atom stereocenters. The Bertz CT molecular complexity index is 531. The molecule has 0 saturated heterocycles. The average Bonchev–Trinajstić information content (AvgIpc) is 3.31. The lowest BCUT2D eigenvalue weighted by Gasteiger charge is -2.14. The van der Waals surface area contributed by atoms with Crippen LogP contribution >= 0.6 is 0 Å². The SMILES string of the molecule is CC(NC1CC1)c1ccc(OCc2ccccc2)cc1. The molecule has 1 atom stereocenters. The van der Waals surface area contributed by atoms with Crippen LogP contribution in [-0.2, 0) is 6.61 Å². The first-order chi connectivity index (χ1) is 9.81. The van der Waals surface area contributed by atoms with E-state index in [4.69, 9.17) is 4.74 Å². The van der Waals surface area contributed by atoms with Crippen LogP contribution in [0.25, 0.3) is 0 Å². The molecule has 1 fully saturated rings. The number of ether oxygens (including phenoxy) is 1. The Labute approximate surface area is 120 Å². The van der Waals surface area contributed by atoms with E-state index in [0.29, 0.717) is 12.6 Å². The maximum absolute atomic E-state index is 5.80. The van der Waals surface area contributed by atoms with Gasteiger partial charge in [0, 0.05) is 12.1 Å². The summed E-state index contributed by atoms with van der Waals surface area (Å²) in [4.78, 5) is 0. The Hall–Kier alpha value is -1.80. The Morgan fingerprint density at radius 2 is 1.75 bits per heavy atom. The third-order valence-electron chi connectivity index (χ3n) is 3.69. The van der Waals surface area contributed by atoms with Crippen molar-refractivity contribution in [1.29, 1.82) is 0 Å². The van der Waals surface area contributed by atoms with Crippen molar-refractivity contribution in [2.45, 2.75) is 38.5 Å². The van der Waals surface area contributed by atoms with Crippen molar-refractivity contribution in [2.75, 3.05) is 0 Å². The van der Waals surface area contributed by atoms with E-state index in [1.54, 1.807) is 0 Å². The van der Waals surface area contributed by atoms with Crippen LogP contribution in [-0.4, -0.2) is 6.04 Å². The van der Waals surface area contributed by atoms with Gasteiger partial charge in [-0.15, -0.1) is 0 Å². The summed E-state index contributed by atoms with van der Waals surface area (Å²) in [5, 5.41) is 3.61. The molecule has 1 aliphatic carbocycles. The van der Waals surface area contributed by atoms with Crippen molar-refractivity contribution in [2.24, 2.45) is 0 Å². The van der Waals surface area contributed by atoms with Crippen molar-refractivity contribution in [1.82, 2.24) is 5.32 Å². The highest BCUT2D eigenvalue weighted by Crippen LogP contribution is 2.25. The number of benzene rings is 2. The van der Waals surface area contributed by atoms with Gasteiger partial charge in [-0.05, 0) is 43.0 Å². The summed E-state index contributed by atoms with van der Waals surface area (Å²) in [6.45, 7) is 2.84. The Kier molecular flexibility index (Phi) is 4.03. The molecule has 3 rings (SSSR count). The molecule has 1 saturated carbocycles. The molecule has 0 spiro atoms. The summed E-state index contributed by atoms with van der Waals surface area (Å²) >= 11 is 0. The van der Waals surface area contributed by atoms with Gasteiger partial charge < -0.3 is 10.1 Å². The fourth-order valence-corrected chi connectivity index (χ4v) is 2.29. The summed E-state index contributed by atoms with van der Waals surface area (Å²) < 4.78 is 5.80. The molecular formula is C18H21NO. The Morgan fingerprint density at radius 3 is 2.40 bits per heavy atom. The standard InChI is InChI=1S/C18H21NO/c1-14(19-17-9-10-17)16-7-11-18(12-8-16)20-13-15-5-3-2-4-6-15/h2-8,11-12,14,17,19H,9-10,13H2,1H3. The van der Waals surface area contributed by atoms with Crippen molar-refractivity contribution in [3.8, 4) is 5.75 Å². The van der Waals surface area contributed by atoms with Crippen LogP contribution in [0.3, 0.4) is 0 Å². The molecule has 2 aromatic rings. The summed E-state index contributed by atoms with van der Waals surface area (Å²) in [7, 11) is 0. The van der Waals surface area contributed by atoms with E-state index in [0.717, 1.165) is 11.8 Å². The maximum Gasteiger partial charge on any atom is 0.119 e. The summed E-state index contributed by atoms with van der Waals surface area (Å²) in [5.41, 5.74) is 2.52. The molecule has 20 heavy (non-hydrogen) atoms. The highest BCUT2D eigenvalue weighted by atomic mass is 16.5. The van der Waals surface area contributed by atoms with Gasteiger partial charge in [0.15, 0.2) is 0 Å². The van der Waals surface area contributed by atoms with Gasteiger partial charge in [-0.3, -0.25) is 0 Å². The molecule has 2 nitrogen and oxygen atoms in total. The molecule has 0 bridgehead atoms. The van der Waals surface area contributed by atoms with Crippen molar-refractivity contribution < 1.29 is 4.74 Å². The fraction of sp³-hybridized carbons (Fsp3) is 0.333. The Morgan fingerprint density at radius 1 is 1.05 bits per heavy atom. The second-order valence-corrected chi connectivity index (χ2v) is 5.51. The highest BCUT2D eigenvalue weighted by molar-refractivity contribution is 5.29. The summed E-state index contributed by atoms with van der Waals surface area (Å²) in [5.74, 6) is 0.927. The van der Waals surface area contributed by atoms with Crippen LogP contribution in [0.1, 0.15) is 36.9 Å². The zero-order valence-electron chi connectivity index (χ0n) is 11.9. The second-order valence-electron chi connectivity index (χ2n) is 5.51. The van der Waals surface area contributed by atoms with Crippen molar-refractivity contribution in [3.05, 3.63) is 65.7 Å². The van der Waals surface area contributed by atoms with Crippen LogP contribution in [0.4, 0.5) is 0 Å². The van der Waals surface area contributed by atoms with Gasteiger partial charge >= 0.3 is 0 Å². The predicted octanol–water partition coefficient (Wildman–Crippen LogP) is 4.08. The smallest absolute Gasteiger partial charge is 0.119 e. The Balaban J connectivity index is 1.55. The molecule has 0 heterocycles. The van der Waals surface area contributed by atoms with E-state index in [-0.39, 0.29) is 0 Å². The molecular weight excluding hydrogens is 246 g/mol. The van der Waals surface area contributed by atoms with E-state index in [2.05, 4.69) is 48.6 Å². The van der Waals surface area contributed by atoms with Gasteiger partial charge in [-0.25, -0.2) is 0 Å². The zero-order valence-corrected chi connectivity index (χ0v) is 11.9. The highest BCUT2D eigenvalue weighted by Gasteiger charge is 2.23. The van der Waals surface area contributed by atoms with Crippen molar-refractivity contribution >= 4 is 0 Å². The van der Waals surface area contributed by atoms with E-state index in [1.165, 1.54) is 24.0 Å².